The molecule has 1 aromatic rings. The Bertz CT molecular complexity index is 488. The maximum atomic E-state index is 11.7. The summed E-state index contributed by atoms with van der Waals surface area (Å²) in [5, 5.41) is 0. The first kappa shape index (κ1) is 18.3. The Labute approximate surface area is 152 Å². The second-order valence-corrected chi connectivity index (χ2v) is 39.7. The standard InChI is InChI=1S/C13H15NO.3HI.V/c1-9-4-5-12-11(8-9)10(2)13(15)6-7-14(12)3;;;;/h4-5,8H,2,6-7H2,1,3H3;3*1H;/q;;;;+3/p-3. The number of allylic oxidation sites excluding steroid dienone is 1. The maximum absolute atomic E-state index is 11.7. The zero-order valence-corrected chi connectivity index (χ0v) is 18.7. The molecule has 0 bridgehead atoms. The molecule has 6 heteroatoms. The number of hydrogen-bond donors (Lipinski definition) is 0. The van der Waals surface area contributed by atoms with E-state index in [0.29, 0.717) is 12.0 Å². The topological polar surface area (TPSA) is 20.3 Å². The molecule has 0 atom stereocenters. The van der Waals surface area contributed by atoms with Gasteiger partial charge in [-0.15, -0.1) is 0 Å². The number of carbonyl (C=O) groups excluding carboxylic acids is 1. The van der Waals surface area contributed by atoms with Crippen LogP contribution in [0.2, 0.25) is 0 Å². The van der Waals surface area contributed by atoms with Gasteiger partial charge in [0, 0.05) is 36.8 Å². The van der Waals surface area contributed by atoms with Crippen LogP contribution in [0.3, 0.4) is 0 Å². The monoisotopic (exact) mass is 633 g/mol. The Kier molecular flexibility index (Phi) is 8.26. The van der Waals surface area contributed by atoms with Gasteiger partial charge >= 0.3 is 64.9 Å². The summed E-state index contributed by atoms with van der Waals surface area (Å²) in [6, 6.07) is 6.17. The number of aryl methyl sites for hydroxylation is 1. The predicted octanol–water partition coefficient (Wildman–Crippen LogP) is 5.07. The fraction of sp³-hybridized carbons (Fsp3) is 0.308. The minimum atomic E-state index is -0.278. The van der Waals surface area contributed by atoms with Gasteiger partial charge in [-0.05, 0) is 19.1 Å². The third kappa shape index (κ3) is 5.84. The summed E-state index contributed by atoms with van der Waals surface area (Å²) >= 11 is 7.39. The number of halogens is 3. The van der Waals surface area contributed by atoms with Crippen molar-refractivity contribution in [2.45, 2.75) is 13.3 Å². The molecule has 0 amide bonds. The van der Waals surface area contributed by atoms with Crippen LogP contribution in [0.25, 0.3) is 5.57 Å². The van der Waals surface area contributed by atoms with Crippen molar-refractivity contribution < 1.29 is 9.72 Å². The first-order chi connectivity index (χ1) is 8.82. The third-order valence-electron chi connectivity index (χ3n) is 2.90. The van der Waals surface area contributed by atoms with E-state index in [2.05, 4.69) is 83.5 Å². The summed E-state index contributed by atoms with van der Waals surface area (Å²) < 4.78 is 0. The first-order valence-corrected chi connectivity index (χ1v) is 19.2. The first-order valence-electron chi connectivity index (χ1n) is 5.64. The summed E-state index contributed by atoms with van der Waals surface area (Å²) in [6.07, 6.45) is 0.559. The van der Waals surface area contributed by atoms with Gasteiger partial charge in [0.2, 0.25) is 0 Å². The molecule has 0 spiro atoms. The predicted molar refractivity (Wildman–Crippen MR) is 105 cm³/mol. The van der Waals surface area contributed by atoms with Gasteiger partial charge in [-0.1, -0.05) is 18.2 Å². The van der Waals surface area contributed by atoms with Crippen molar-refractivity contribution in [3.05, 3.63) is 35.9 Å². The number of Topliss-reactive ketones (excluding diaryl/α,β-unsaturated/α-hetero) is 1. The molecule has 0 unspecified atom stereocenters. The Morgan fingerprint density at radius 3 is 2.47 bits per heavy atom. The van der Waals surface area contributed by atoms with Gasteiger partial charge in [0.1, 0.15) is 0 Å². The molecule has 0 N–H and O–H groups in total. The number of ketones is 1. The number of nitrogens with zero attached hydrogens (tertiary/aromatic N) is 1. The van der Waals surface area contributed by atoms with Crippen LogP contribution in [0, 0.1) is 6.92 Å². The number of carbonyl (C=O) groups is 1. The molecule has 0 radical (unpaired) electrons. The summed E-state index contributed by atoms with van der Waals surface area (Å²) in [7, 11) is 2.01. The number of fused-ring (bicyclic) bond motifs is 1. The molecular weight excluding hydrogens is 618 g/mol. The average Bonchev–Trinajstić information content (AvgIpc) is 2.42. The van der Waals surface area contributed by atoms with Crippen molar-refractivity contribution in [2.75, 3.05) is 18.5 Å². The van der Waals surface area contributed by atoms with Gasteiger partial charge in [-0.2, -0.15) is 0 Å². The molecule has 2 rings (SSSR count). The van der Waals surface area contributed by atoms with Crippen molar-refractivity contribution in [2.24, 2.45) is 0 Å². The van der Waals surface area contributed by atoms with Crippen LogP contribution in [0.1, 0.15) is 17.5 Å². The van der Waals surface area contributed by atoms with Crippen LogP contribution in [0.4, 0.5) is 5.69 Å². The van der Waals surface area contributed by atoms with Gasteiger partial charge in [0.05, 0.1) is 0 Å². The molecule has 0 aromatic heterocycles. The number of rotatable bonds is 0. The van der Waals surface area contributed by atoms with Gasteiger partial charge in [-0.3, -0.25) is 4.79 Å². The molecule has 0 saturated heterocycles. The molecule has 1 aliphatic rings. The fourth-order valence-electron chi connectivity index (χ4n) is 1.92. The zero-order chi connectivity index (χ0) is 14.6. The minimum absolute atomic E-state index is 0.159. The Hall–Kier alpha value is 1.20. The van der Waals surface area contributed by atoms with E-state index in [-0.39, 0.29) is 10.7 Å². The summed E-state index contributed by atoms with van der Waals surface area (Å²) in [6.45, 7) is 6.70. The van der Waals surface area contributed by atoms with Gasteiger partial charge in [0.25, 0.3) is 0 Å². The molecule has 1 aliphatic heterocycles. The van der Waals surface area contributed by atoms with Crippen LogP contribution in [0.15, 0.2) is 24.8 Å². The van der Waals surface area contributed by atoms with Crippen LogP contribution >= 0.6 is 59.9 Å². The van der Waals surface area contributed by atoms with E-state index in [1.807, 2.05) is 20.0 Å². The van der Waals surface area contributed by atoms with Gasteiger partial charge in [-0.25, -0.2) is 0 Å². The van der Waals surface area contributed by atoms with E-state index in [1.54, 1.807) is 0 Å². The molecule has 0 fully saturated rings. The summed E-state index contributed by atoms with van der Waals surface area (Å²) in [5.41, 5.74) is 3.91. The van der Waals surface area contributed by atoms with E-state index >= 15 is 0 Å². The normalized spacial score (nSPS) is 14.7. The van der Waals surface area contributed by atoms with Crippen LogP contribution in [-0.4, -0.2) is 19.4 Å². The second kappa shape index (κ2) is 8.60. The second-order valence-electron chi connectivity index (χ2n) is 4.29. The number of benzene rings is 1. The third-order valence-corrected chi connectivity index (χ3v) is 2.90. The molecular formula is C13H15I3NOV. The summed E-state index contributed by atoms with van der Waals surface area (Å²) in [4.78, 5) is 13.5. The molecule has 0 aliphatic carbocycles. The Morgan fingerprint density at radius 2 is 1.89 bits per heavy atom. The summed E-state index contributed by atoms with van der Waals surface area (Å²) in [5.74, 6) is 0.159. The Balaban J connectivity index is 0.000000399. The van der Waals surface area contributed by atoms with E-state index in [4.69, 9.17) is 0 Å². The SMILES string of the molecule is C=C1C(=O)CCN(C)c2ccc(C)cc21.[I][V]([I])[I]. The van der Waals surface area contributed by atoms with E-state index in [9.17, 15) is 4.79 Å². The van der Waals surface area contributed by atoms with Crippen molar-refractivity contribution >= 4 is 77.0 Å². The number of anilines is 1. The van der Waals surface area contributed by atoms with Crippen LogP contribution in [0.5, 0.6) is 0 Å². The van der Waals surface area contributed by atoms with E-state index < -0.39 is 0 Å². The molecule has 1 heterocycles. The van der Waals surface area contributed by atoms with Crippen LogP contribution < -0.4 is 4.90 Å². The van der Waals surface area contributed by atoms with Crippen molar-refractivity contribution in [3.63, 3.8) is 0 Å². The van der Waals surface area contributed by atoms with Crippen LogP contribution in [-0.2, 0) is 9.72 Å². The fourth-order valence-corrected chi connectivity index (χ4v) is 1.92. The quantitative estimate of drug-likeness (QED) is 0.294. The van der Waals surface area contributed by atoms with Crippen molar-refractivity contribution in [1.29, 1.82) is 0 Å². The van der Waals surface area contributed by atoms with Gasteiger partial charge < -0.3 is 4.90 Å². The van der Waals surface area contributed by atoms with E-state index in [1.165, 1.54) is 0 Å². The molecule has 1 aromatic carbocycles. The zero-order valence-electron chi connectivity index (χ0n) is 10.8. The Morgan fingerprint density at radius 1 is 1.32 bits per heavy atom. The number of hydrogen-bond acceptors (Lipinski definition) is 2. The molecule has 2 nitrogen and oxygen atoms in total. The molecule has 104 valence electrons. The molecule has 19 heavy (non-hydrogen) atoms. The average molecular weight is 633 g/mol. The van der Waals surface area contributed by atoms with Gasteiger partial charge in [0.15, 0.2) is 5.78 Å². The van der Waals surface area contributed by atoms with Crippen molar-refractivity contribution in [1.82, 2.24) is 0 Å². The van der Waals surface area contributed by atoms with Crippen molar-refractivity contribution in [3.8, 4) is 0 Å². The van der Waals surface area contributed by atoms with E-state index in [0.717, 1.165) is 23.4 Å². The molecule has 0 saturated carbocycles.